The van der Waals surface area contributed by atoms with Gasteiger partial charge in [-0.25, -0.2) is 0 Å². The molecule has 16 heavy (non-hydrogen) atoms. The van der Waals surface area contributed by atoms with E-state index in [1.165, 1.54) is 0 Å². The second kappa shape index (κ2) is 6.75. The molecule has 0 aliphatic heterocycles. The van der Waals surface area contributed by atoms with Crippen molar-refractivity contribution in [1.82, 2.24) is 0 Å². The molecule has 0 aromatic carbocycles. The molecule has 0 saturated heterocycles. The Bertz CT molecular complexity index is 279. The lowest BCUT2D eigenvalue weighted by molar-refractivity contribution is -0.149. The fourth-order valence-corrected chi connectivity index (χ4v) is 1.90. The minimum Gasteiger partial charge on any atom is -0.466 e. The second-order valence-corrected chi connectivity index (χ2v) is 10.1. The van der Waals surface area contributed by atoms with Crippen molar-refractivity contribution in [3.8, 4) is 11.5 Å². The largest absolute Gasteiger partial charge is 0.466 e. The van der Waals surface area contributed by atoms with Crippen molar-refractivity contribution in [2.75, 3.05) is 6.61 Å². The van der Waals surface area contributed by atoms with Crippen LogP contribution in [0.25, 0.3) is 0 Å². The molecule has 2 nitrogen and oxygen atoms in total. The Morgan fingerprint density at radius 3 is 2.25 bits per heavy atom. The fraction of sp³-hybridized carbons (Fsp3) is 0.769. The van der Waals surface area contributed by atoms with E-state index in [0.29, 0.717) is 13.0 Å². The van der Waals surface area contributed by atoms with Crippen molar-refractivity contribution in [3.05, 3.63) is 0 Å². The van der Waals surface area contributed by atoms with Crippen LogP contribution in [0.1, 0.15) is 27.2 Å². The van der Waals surface area contributed by atoms with Crippen molar-refractivity contribution in [2.24, 2.45) is 11.8 Å². The van der Waals surface area contributed by atoms with Crippen LogP contribution in [0.4, 0.5) is 0 Å². The van der Waals surface area contributed by atoms with Crippen LogP contribution in [0, 0.1) is 23.3 Å². The maximum atomic E-state index is 11.7. The first-order chi connectivity index (χ1) is 7.28. The molecule has 0 aliphatic carbocycles. The van der Waals surface area contributed by atoms with Crippen molar-refractivity contribution >= 4 is 14.0 Å². The summed E-state index contributed by atoms with van der Waals surface area (Å²) in [5.41, 5.74) is 3.29. The molecule has 0 amide bonds. The Kier molecular flexibility index (Phi) is 6.43. The van der Waals surface area contributed by atoms with Gasteiger partial charge < -0.3 is 4.74 Å². The number of hydrogen-bond donors (Lipinski definition) is 0. The highest BCUT2D eigenvalue weighted by Crippen LogP contribution is 2.16. The zero-order valence-corrected chi connectivity index (χ0v) is 12.4. The third kappa shape index (κ3) is 6.68. The lowest BCUT2D eigenvalue weighted by Gasteiger charge is -2.16. The molecule has 1 unspecified atom stereocenters. The van der Waals surface area contributed by atoms with E-state index >= 15 is 0 Å². The predicted molar refractivity (Wildman–Crippen MR) is 70.7 cm³/mol. The van der Waals surface area contributed by atoms with E-state index < -0.39 is 8.07 Å². The number of carbonyl (C=O) groups excluding carboxylic acids is 1. The summed E-state index contributed by atoms with van der Waals surface area (Å²) in [5, 5.41) is 0. The van der Waals surface area contributed by atoms with Gasteiger partial charge in [0.15, 0.2) is 0 Å². The highest BCUT2D eigenvalue weighted by Gasteiger charge is 2.22. The Morgan fingerprint density at radius 1 is 1.31 bits per heavy atom. The molecule has 0 N–H and O–H groups in total. The van der Waals surface area contributed by atoms with Crippen molar-refractivity contribution in [1.29, 1.82) is 0 Å². The van der Waals surface area contributed by atoms with Crippen LogP contribution in [0.2, 0.25) is 19.6 Å². The van der Waals surface area contributed by atoms with Gasteiger partial charge in [0.25, 0.3) is 0 Å². The molecule has 0 spiro atoms. The smallest absolute Gasteiger partial charge is 0.310 e. The van der Waals surface area contributed by atoms with E-state index in [1.54, 1.807) is 0 Å². The van der Waals surface area contributed by atoms with Crippen LogP contribution in [0.3, 0.4) is 0 Å². The summed E-state index contributed by atoms with van der Waals surface area (Å²) in [5.74, 6) is 3.26. The summed E-state index contributed by atoms with van der Waals surface area (Å²) in [7, 11) is -1.33. The van der Waals surface area contributed by atoms with E-state index in [0.717, 1.165) is 0 Å². The normalized spacial score (nSPS) is 12.9. The van der Waals surface area contributed by atoms with Gasteiger partial charge in [0.1, 0.15) is 8.07 Å². The van der Waals surface area contributed by atoms with Gasteiger partial charge >= 0.3 is 5.97 Å². The Hall–Kier alpha value is -0.753. The SMILES string of the molecule is CCOC(=O)C(CC#C[Si](C)(C)C)C(C)C. The van der Waals surface area contributed by atoms with E-state index in [9.17, 15) is 4.79 Å². The molecule has 0 aromatic heterocycles. The lowest BCUT2D eigenvalue weighted by Crippen LogP contribution is -2.23. The predicted octanol–water partition coefficient (Wildman–Crippen LogP) is 3.09. The zero-order valence-electron chi connectivity index (χ0n) is 11.4. The molecule has 0 radical (unpaired) electrons. The Labute approximate surface area is 101 Å². The van der Waals surface area contributed by atoms with E-state index in [2.05, 4.69) is 31.1 Å². The number of esters is 1. The molecule has 0 heterocycles. The van der Waals surface area contributed by atoms with Gasteiger partial charge in [-0.2, -0.15) is 0 Å². The third-order valence-corrected chi connectivity index (χ3v) is 3.11. The molecule has 92 valence electrons. The van der Waals surface area contributed by atoms with Gasteiger partial charge in [-0.05, 0) is 12.8 Å². The average molecular weight is 240 g/mol. The number of carbonyl (C=O) groups is 1. The number of ether oxygens (including phenoxy) is 1. The monoisotopic (exact) mass is 240 g/mol. The van der Waals surface area contributed by atoms with Gasteiger partial charge in [-0.1, -0.05) is 33.5 Å². The minimum absolute atomic E-state index is 0.0798. The quantitative estimate of drug-likeness (QED) is 0.429. The fourth-order valence-electron chi connectivity index (χ4n) is 1.27. The first-order valence-electron chi connectivity index (χ1n) is 5.94. The maximum absolute atomic E-state index is 11.7. The van der Waals surface area contributed by atoms with Gasteiger partial charge in [-0.15, -0.1) is 11.5 Å². The van der Waals surface area contributed by atoms with Gasteiger partial charge in [-0.3, -0.25) is 4.79 Å². The second-order valence-electron chi connectivity index (χ2n) is 5.36. The average Bonchev–Trinajstić information content (AvgIpc) is 2.10. The van der Waals surface area contributed by atoms with Crippen molar-refractivity contribution < 1.29 is 9.53 Å². The van der Waals surface area contributed by atoms with E-state index in [4.69, 9.17) is 4.74 Å². The van der Waals surface area contributed by atoms with Crippen LogP contribution in [0.5, 0.6) is 0 Å². The standard InChI is InChI=1S/C13H24O2Si/c1-7-15-13(14)12(11(2)3)9-8-10-16(4,5)6/h11-12H,7,9H2,1-6H3. The molecule has 0 bridgehead atoms. The highest BCUT2D eigenvalue weighted by atomic mass is 28.3. The first kappa shape index (κ1) is 15.2. The summed E-state index contributed by atoms with van der Waals surface area (Å²) in [6.07, 6.45) is 0.626. The minimum atomic E-state index is -1.33. The van der Waals surface area contributed by atoms with Crippen molar-refractivity contribution in [3.63, 3.8) is 0 Å². The summed E-state index contributed by atoms with van der Waals surface area (Å²) < 4.78 is 5.05. The van der Waals surface area contributed by atoms with E-state index in [-0.39, 0.29) is 17.8 Å². The molecular formula is C13H24O2Si. The molecule has 0 saturated carbocycles. The number of hydrogen-bond acceptors (Lipinski definition) is 2. The molecule has 0 rings (SSSR count). The van der Waals surface area contributed by atoms with Gasteiger partial charge in [0.2, 0.25) is 0 Å². The van der Waals surface area contributed by atoms with Crippen LogP contribution >= 0.6 is 0 Å². The first-order valence-corrected chi connectivity index (χ1v) is 9.44. The van der Waals surface area contributed by atoms with Crippen LogP contribution in [0.15, 0.2) is 0 Å². The summed E-state index contributed by atoms with van der Waals surface area (Å²) >= 11 is 0. The topological polar surface area (TPSA) is 26.3 Å². The molecular weight excluding hydrogens is 216 g/mol. The van der Waals surface area contributed by atoms with Crippen LogP contribution in [-0.2, 0) is 9.53 Å². The Balaban J connectivity index is 4.45. The Morgan fingerprint density at radius 2 is 1.88 bits per heavy atom. The highest BCUT2D eigenvalue weighted by molar-refractivity contribution is 6.83. The van der Waals surface area contributed by atoms with E-state index in [1.807, 2.05) is 20.8 Å². The zero-order chi connectivity index (χ0) is 12.8. The van der Waals surface area contributed by atoms with Gasteiger partial charge in [0.05, 0.1) is 12.5 Å². The molecule has 0 fully saturated rings. The number of rotatable bonds is 4. The summed E-state index contributed by atoms with van der Waals surface area (Å²) in [6, 6.07) is 0. The maximum Gasteiger partial charge on any atom is 0.310 e. The summed E-state index contributed by atoms with van der Waals surface area (Å²) in [4.78, 5) is 11.7. The lowest BCUT2D eigenvalue weighted by atomic mass is 9.93. The van der Waals surface area contributed by atoms with Crippen LogP contribution in [-0.4, -0.2) is 20.7 Å². The van der Waals surface area contributed by atoms with Crippen LogP contribution < -0.4 is 0 Å². The molecule has 3 heteroatoms. The van der Waals surface area contributed by atoms with Gasteiger partial charge in [0, 0.05) is 6.42 Å². The molecule has 0 aliphatic rings. The molecule has 1 atom stereocenters. The third-order valence-electron chi connectivity index (χ3n) is 2.18. The molecule has 0 aromatic rings. The summed E-state index contributed by atoms with van der Waals surface area (Å²) in [6.45, 7) is 13.0. The van der Waals surface area contributed by atoms with Crippen molar-refractivity contribution in [2.45, 2.75) is 46.8 Å².